The summed E-state index contributed by atoms with van der Waals surface area (Å²) in [6, 6.07) is 3.69. The van der Waals surface area contributed by atoms with Gasteiger partial charge in [0.25, 0.3) is 5.91 Å². The first-order valence-corrected chi connectivity index (χ1v) is 14.8. The fourth-order valence-corrected chi connectivity index (χ4v) is 5.99. The number of nitrogens with zero attached hydrogens (tertiary/aromatic N) is 7. The van der Waals surface area contributed by atoms with Gasteiger partial charge in [-0.3, -0.25) is 9.69 Å². The molecule has 6 rings (SSSR count). The van der Waals surface area contributed by atoms with E-state index in [0.717, 1.165) is 24.7 Å². The molecule has 0 bridgehead atoms. The molecule has 9 nitrogen and oxygen atoms in total. The van der Waals surface area contributed by atoms with Gasteiger partial charge in [0, 0.05) is 24.4 Å². The number of anilines is 1. The Morgan fingerprint density at radius 3 is 2.51 bits per heavy atom. The second-order valence-electron chi connectivity index (χ2n) is 10.6. The molecule has 4 aromatic rings. The number of methoxy groups -OCH3 is 1. The van der Waals surface area contributed by atoms with Gasteiger partial charge in [-0.05, 0) is 44.4 Å². The Morgan fingerprint density at radius 2 is 1.88 bits per heavy atom. The molecule has 43 heavy (non-hydrogen) atoms. The molecule has 15 heteroatoms. The predicted molar refractivity (Wildman–Crippen MR) is 155 cm³/mol. The van der Waals surface area contributed by atoms with E-state index in [2.05, 4.69) is 51.8 Å². The standard InChI is InChI=1S/C28H23Br2F4N7O2/c1-13(2)40-11-19(28(32,33)34)38-23(40)16-7-4-14(8-18(16)31)10-41-24-17(27(29,30)26(41)42)9-35-22(39-24)20-21(15-5-6-15)36-12-37-25(20)43-3/h4,7-9,11-13,15H,5-6,10H2,1-3H3. The zero-order valence-corrected chi connectivity index (χ0v) is 26.1. The Kier molecular flexibility index (Phi) is 7.31. The Labute approximate surface area is 260 Å². The number of rotatable bonds is 7. The number of carbonyl (C=O) groups excluding carboxylic acids is 1. The minimum Gasteiger partial charge on any atom is -0.480 e. The largest absolute Gasteiger partial charge is 0.480 e. The third-order valence-electron chi connectivity index (χ3n) is 7.29. The number of imidazole rings is 1. The van der Waals surface area contributed by atoms with Crippen molar-refractivity contribution in [1.29, 1.82) is 0 Å². The average molecular weight is 725 g/mol. The Hall–Kier alpha value is -3.46. The second-order valence-corrected chi connectivity index (χ2v) is 14.0. The van der Waals surface area contributed by atoms with Crippen LogP contribution in [0.2, 0.25) is 0 Å². The highest BCUT2D eigenvalue weighted by Gasteiger charge is 2.49. The third-order valence-corrected chi connectivity index (χ3v) is 8.83. The van der Waals surface area contributed by atoms with Crippen LogP contribution in [-0.2, 0) is 20.7 Å². The van der Waals surface area contributed by atoms with E-state index in [1.807, 2.05) is 0 Å². The first-order valence-electron chi connectivity index (χ1n) is 13.2. The van der Waals surface area contributed by atoms with Gasteiger partial charge < -0.3 is 9.30 Å². The highest BCUT2D eigenvalue weighted by atomic mass is 79.9. The second kappa shape index (κ2) is 10.6. The van der Waals surface area contributed by atoms with Gasteiger partial charge in [-0.15, -0.1) is 0 Å². The summed E-state index contributed by atoms with van der Waals surface area (Å²) in [5, 5.41) is 0. The molecule has 3 aromatic heterocycles. The molecule has 1 aliphatic carbocycles. The molecule has 1 amide bonds. The van der Waals surface area contributed by atoms with E-state index in [4.69, 9.17) is 9.72 Å². The summed E-state index contributed by atoms with van der Waals surface area (Å²) in [4.78, 5) is 36.5. The van der Waals surface area contributed by atoms with Crippen molar-refractivity contribution in [2.24, 2.45) is 0 Å². The van der Waals surface area contributed by atoms with E-state index in [-0.39, 0.29) is 35.5 Å². The van der Waals surface area contributed by atoms with E-state index < -0.39 is 32.9 Å². The highest BCUT2D eigenvalue weighted by Crippen LogP contribution is 2.51. The van der Waals surface area contributed by atoms with E-state index in [1.54, 1.807) is 19.9 Å². The summed E-state index contributed by atoms with van der Waals surface area (Å²) in [6.07, 6.45) is 1.07. The average Bonchev–Trinajstić information content (AvgIpc) is 3.67. The molecule has 1 aromatic carbocycles. The van der Waals surface area contributed by atoms with Gasteiger partial charge in [0.05, 0.1) is 30.5 Å². The van der Waals surface area contributed by atoms with Crippen molar-refractivity contribution in [3.8, 4) is 28.7 Å². The number of carbonyl (C=O) groups is 1. The molecule has 1 fully saturated rings. The van der Waals surface area contributed by atoms with Crippen LogP contribution < -0.4 is 9.64 Å². The summed E-state index contributed by atoms with van der Waals surface area (Å²) >= 11 is 6.87. The van der Waals surface area contributed by atoms with Crippen molar-refractivity contribution in [1.82, 2.24) is 29.5 Å². The number of fused-ring (bicyclic) bond motifs is 1. The molecule has 0 radical (unpaired) electrons. The molecular weight excluding hydrogens is 702 g/mol. The minimum absolute atomic E-state index is 0.0806. The van der Waals surface area contributed by atoms with Crippen LogP contribution in [0.3, 0.4) is 0 Å². The number of hydrogen-bond donors (Lipinski definition) is 0. The topological polar surface area (TPSA) is 98.9 Å². The van der Waals surface area contributed by atoms with Crippen molar-refractivity contribution in [2.45, 2.75) is 54.6 Å². The van der Waals surface area contributed by atoms with Crippen molar-refractivity contribution in [2.75, 3.05) is 12.0 Å². The number of halogens is 6. The number of aromatic nitrogens is 6. The van der Waals surface area contributed by atoms with Crippen LogP contribution in [0.5, 0.6) is 5.88 Å². The maximum absolute atomic E-state index is 15.5. The molecule has 0 saturated heterocycles. The summed E-state index contributed by atoms with van der Waals surface area (Å²) in [7, 11) is 1.49. The zero-order chi connectivity index (χ0) is 30.8. The summed E-state index contributed by atoms with van der Waals surface area (Å²) < 4.78 is 61.1. The molecule has 0 atom stereocenters. The lowest BCUT2D eigenvalue weighted by Gasteiger charge is -2.19. The van der Waals surface area contributed by atoms with E-state index in [0.29, 0.717) is 22.6 Å². The lowest BCUT2D eigenvalue weighted by molar-refractivity contribution is -0.140. The normalized spacial score (nSPS) is 16.2. The molecule has 1 saturated carbocycles. The van der Waals surface area contributed by atoms with Crippen molar-refractivity contribution in [3.05, 3.63) is 65.3 Å². The molecule has 1 aliphatic heterocycles. The SMILES string of the molecule is COc1ncnc(C2CC2)c1-c1ncc2c(n1)N(Cc1ccc(-c3nc(C(F)(F)F)cn3C(C)C)c(F)c1)C(=O)C2(Br)Br. The highest BCUT2D eigenvalue weighted by molar-refractivity contribution is 9.25. The number of ether oxygens (including phenoxy) is 1. The molecular formula is C28H23Br2F4N7O2. The zero-order valence-electron chi connectivity index (χ0n) is 23.0. The molecule has 0 unspecified atom stereocenters. The van der Waals surface area contributed by atoms with Crippen LogP contribution >= 0.6 is 31.9 Å². The smallest absolute Gasteiger partial charge is 0.434 e. The van der Waals surface area contributed by atoms with Gasteiger partial charge in [-0.2, -0.15) is 13.2 Å². The fraction of sp³-hybridized carbons (Fsp3) is 0.357. The van der Waals surface area contributed by atoms with Gasteiger partial charge in [0.1, 0.15) is 29.4 Å². The number of benzene rings is 1. The molecule has 0 spiro atoms. The molecule has 224 valence electrons. The number of hydrogen-bond acceptors (Lipinski definition) is 7. The Morgan fingerprint density at radius 1 is 1.14 bits per heavy atom. The van der Waals surface area contributed by atoms with Crippen LogP contribution in [0, 0.1) is 5.82 Å². The summed E-state index contributed by atoms with van der Waals surface area (Å²) in [5.41, 5.74) is 0.934. The first-order chi connectivity index (χ1) is 20.3. The van der Waals surface area contributed by atoms with Gasteiger partial charge in [-0.25, -0.2) is 29.3 Å². The Balaban J connectivity index is 1.38. The molecule has 4 heterocycles. The lowest BCUT2D eigenvalue weighted by Crippen LogP contribution is -2.32. The maximum Gasteiger partial charge on any atom is 0.434 e. The fourth-order valence-electron chi connectivity index (χ4n) is 5.01. The third kappa shape index (κ3) is 5.19. The van der Waals surface area contributed by atoms with Crippen LogP contribution in [0.4, 0.5) is 23.4 Å². The van der Waals surface area contributed by atoms with Crippen molar-refractivity contribution in [3.63, 3.8) is 0 Å². The van der Waals surface area contributed by atoms with Crippen molar-refractivity contribution >= 4 is 43.6 Å². The predicted octanol–water partition coefficient (Wildman–Crippen LogP) is 6.91. The van der Waals surface area contributed by atoms with E-state index in [1.165, 1.54) is 41.2 Å². The van der Waals surface area contributed by atoms with Gasteiger partial charge in [0.15, 0.2) is 14.8 Å². The van der Waals surface area contributed by atoms with Crippen LogP contribution in [0.25, 0.3) is 22.8 Å². The van der Waals surface area contributed by atoms with E-state index >= 15 is 4.39 Å². The summed E-state index contributed by atoms with van der Waals surface area (Å²) in [6.45, 7) is 3.28. The van der Waals surface area contributed by atoms with Crippen LogP contribution in [0.1, 0.15) is 61.2 Å². The number of alkyl halides is 5. The lowest BCUT2D eigenvalue weighted by atomic mass is 10.1. The molecule has 2 aliphatic rings. The van der Waals surface area contributed by atoms with Crippen molar-refractivity contribution < 1.29 is 27.1 Å². The van der Waals surface area contributed by atoms with Gasteiger partial charge in [-0.1, -0.05) is 37.9 Å². The molecule has 0 N–H and O–H groups in total. The Bertz CT molecular complexity index is 1760. The monoisotopic (exact) mass is 723 g/mol. The quantitative estimate of drug-likeness (QED) is 0.151. The minimum atomic E-state index is -4.68. The maximum atomic E-state index is 15.5. The first kappa shape index (κ1) is 29.6. The van der Waals surface area contributed by atoms with Crippen LogP contribution in [0.15, 0.2) is 36.9 Å². The number of amides is 1. The van der Waals surface area contributed by atoms with Gasteiger partial charge >= 0.3 is 6.18 Å². The van der Waals surface area contributed by atoms with E-state index in [9.17, 15) is 18.0 Å². The summed E-state index contributed by atoms with van der Waals surface area (Å²) in [5.74, 6) is -0.241. The van der Waals surface area contributed by atoms with Gasteiger partial charge in [0.2, 0.25) is 5.88 Å². The van der Waals surface area contributed by atoms with Crippen LogP contribution in [-0.4, -0.2) is 42.5 Å².